The van der Waals surface area contributed by atoms with Crippen molar-refractivity contribution in [1.29, 1.82) is 0 Å². The second kappa shape index (κ2) is 10.5. The number of ether oxygens (including phenoxy) is 3. The zero-order valence-electron chi connectivity index (χ0n) is 23.5. The first-order chi connectivity index (χ1) is 17.3. The third-order valence-electron chi connectivity index (χ3n) is 8.22. The molecule has 1 aromatic rings. The largest absolute Gasteiger partial charge is 0.456 e. The summed E-state index contributed by atoms with van der Waals surface area (Å²) in [6.07, 6.45) is 6.78. The number of hydrogen-bond acceptors (Lipinski definition) is 5. The number of nitrogens with zero attached hydrogens (tertiary/aromatic N) is 1. The fourth-order valence-corrected chi connectivity index (χ4v) is 5.58. The molecule has 6 nitrogen and oxygen atoms in total. The van der Waals surface area contributed by atoms with E-state index in [1.807, 2.05) is 46.4 Å². The van der Waals surface area contributed by atoms with Gasteiger partial charge in [0, 0.05) is 19.7 Å². The van der Waals surface area contributed by atoms with Gasteiger partial charge in [0.2, 0.25) is 0 Å². The van der Waals surface area contributed by atoms with Crippen LogP contribution in [0.3, 0.4) is 0 Å². The Labute approximate surface area is 221 Å². The van der Waals surface area contributed by atoms with Crippen molar-refractivity contribution in [2.45, 2.75) is 110 Å². The van der Waals surface area contributed by atoms with Gasteiger partial charge in [0.15, 0.2) is 0 Å². The van der Waals surface area contributed by atoms with Crippen molar-refractivity contribution >= 4 is 12.1 Å². The zero-order valence-corrected chi connectivity index (χ0v) is 23.5. The van der Waals surface area contributed by atoms with E-state index < -0.39 is 23.0 Å². The number of benzene rings is 1. The molecule has 2 saturated carbocycles. The van der Waals surface area contributed by atoms with Crippen molar-refractivity contribution in [2.24, 2.45) is 11.3 Å². The van der Waals surface area contributed by atoms with E-state index in [1.54, 1.807) is 6.07 Å². The lowest BCUT2D eigenvalue weighted by molar-refractivity contribution is -0.0562. The molecule has 0 aromatic heterocycles. The second-order valence-electron chi connectivity index (χ2n) is 13.1. The number of carbonyl (C=O) groups excluding carboxylic acids is 2. The zero-order chi connectivity index (χ0) is 27.0. The van der Waals surface area contributed by atoms with Gasteiger partial charge in [-0.1, -0.05) is 6.92 Å². The van der Waals surface area contributed by atoms with Crippen LogP contribution in [0.5, 0.6) is 0 Å². The molecule has 0 radical (unpaired) electrons. The third-order valence-corrected chi connectivity index (χ3v) is 8.22. The lowest BCUT2D eigenvalue weighted by Gasteiger charge is -2.52. The highest BCUT2D eigenvalue weighted by molar-refractivity contribution is 5.90. The second-order valence-corrected chi connectivity index (χ2v) is 13.1. The van der Waals surface area contributed by atoms with Crippen LogP contribution in [0.4, 0.5) is 9.18 Å². The highest BCUT2D eigenvalue weighted by atomic mass is 19.1. The van der Waals surface area contributed by atoms with Crippen LogP contribution in [0.25, 0.3) is 0 Å². The molecular weight excluding hydrogens is 473 g/mol. The number of rotatable bonds is 8. The Morgan fingerprint density at radius 2 is 1.70 bits per heavy atom. The van der Waals surface area contributed by atoms with Gasteiger partial charge < -0.3 is 19.1 Å². The summed E-state index contributed by atoms with van der Waals surface area (Å²) >= 11 is 0. The van der Waals surface area contributed by atoms with Crippen LogP contribution in [-0.4, -0.2) is 47.9 Å². The van der Waals surface area contributed by atoms with E-state index >= 15 is 0 Å². The first-order valence-corrected chi connectivity index (χ1v) is 13.9. The number of piperidine rings is 1. The van der Waals surface area contributed by atoms with E-state index in [9.17, 15) is 14.0 Å². The van der Waals surface area contributed by atoms with E-state index in [4.69, 9.17) is 14.2 Å². The Hall–Kier alpha value is -2.15. The highest BCUT2D eigenvalue weighted by Gasteiger charge is 2.46. The lowest BCUT2D eigenvalue weighted by atomic mass is 9.58. The summed E-state index contributed by atoms with van der Waals surface area (Å²) in [5.74, 6) is -0.282. The van der Waals surface area contributed by atoms with Crippen molar-refractivity contribution in [3.8, 4) is 0 Å². The summed E-state index contributed by atoms with van der Waals surface area (Å²) in [5, 5.41) is 0. The molecule has 3 fully saturated rings. The molecule has 206 valence electrons. The fourth-order valence-electron chi connectivity index (χ4n) is 5.58. The molecule has 1 spiro atoms. The summed E-state index contributed by atoms with van der Waals surface area (Å²) < 4.78 is 32.1. The molecule has 1 amide bonds. The van der Waals surface area contributed by atoms with Crippen LogP contribution in [-0.2, 0) is 20.8 Å². The Morgan fingerprint density at radius 3 is 2.27 bits per heavy atom. The van der Waals surface area contributed by atoms with Crippen molar-refractivity contribution in [2.75, 3.05) is 19.7 Å². The van der Waals surface area contributed by atoms with Crippen LogP contribution in [0.2, 0.25) is 0 Å². The molecule has 7 heteroatoms. The van der Waals surface area contributed by atoms with Crippen molar-refractivity contribution in [3.63, 3.8) is 0 Å². The maximum Gasteiger partial charge on any atom is 0.410 e. The normalized spacial score (nSPS) is 20.0. The minimum absolute atomic E-state index is 0.0193. The van der Waals surface area contributed by atoms with Crippen LogP contribution in [0.1, 0.15) is 114 Å². The van der Waals surface area contributed by atoms with Gasteiger partial charge in [-0.2, -0.15) is 0 Å². The van der Waals surface area contributed by atoms with E-state index in [0.29, 0.717) is 36.9 Å². The lowest BCUT2D eigenvalue weighted by Crippen LogP contribution is -2.50. The number of hydrogen-bond donors (Lipinski definition) is 0. The molecule has 1 aliphatic heterocycles. The van der Waals surface area contributed by atoms with Crippen LogP contribution < -0.4 is 0 Å². The van der Waals surface area contributed by atoms with E-state index in [0.717, 1.165) is 62.7 Å². The molecule has 0 bridgehead atoms. The summed E-state index contributed by atoms with van der Waals surface area (Å²) in [4.78, 5) is 26.8. The molecule has 37 heavy (non-hydrogen) atoms. The van der Waals surface area contributed by atoms with Crippen LogP contribution in [0, 0.1) is 17.2 Å². The third kappa shape index (κ3) is 7.04. The minimum Gasteiger partial charge on any atom is -0.456 e. The predicted octanol–water partition coefficient (Wildman–Crippen LogP) is 6.99. The van der Waals surface area contributed by atoms with Crippen LogP contribution >= 0.6 is 0 Å². The van der Waals surface area contributed by atoms with Gasteiger partial charge in [-0.3, -0.25) is 0 Å². The summed E-state index contributed by atoms with van der Waals surface area (Å²) in [6, 6.07) is 3.16. The van der Waals surface area contributed by atoms with E-state index in [1.165, 1.54) is 6.07 Å². The molecule has 3 aliphatic rings. The van der Waals surface area contributed by atoms with Crippen molar-refractivity contribution in [1.82, 2.24) is 4.90 Å². The summed E-state index contributed by atoms with van der Waals surface area (Å²) in [6.45, 7) is 13.8. The van der Waals surface area contributed by atoms with Gasteiger partial charge in [0.25, 0.3) is 0 Å². The quantitative estimate of drug-likeness (QED) is 0.348. The Bertz CT molecular complexity index is 994. The summed E-state index contributed by atoms with van der Waals surface area (Å²) in [5.41, 5.74) is 1.09. The fraction of sp³-hybridized carbons (Fsp3) is 0.733. The van der Waals surface area contributed by atoms with Gasteiger partial charge in [0.05, 0.1) is 12.2 Å². The van der Waals surface area contributed by atoms with Gasteiger partial charge in [-0.05, 0) is 120 Å². The summed E-state index contributed by atoms with van der Waals surface area (Å²) in [7, 11) is 0. The van der Waals surface area contributed by atoms with Crippen molar-refractivity contribution in [3.05, 3.63) is 34.6 Å². The number of esters is 1. The van der Waals surface area contributed by atoms with Crippen LogP contribution in [0.15, 0.2) is 12.1 Å². The number of halogens is 1. The molecule has 1 heterocycles. The Balaban J connectivity index is 1.26. The molecule has 1 saturated heterocycles. The van der Waals surface area contributed by atoms with Gasteiger partial charge in [0.1, 0.15) is 17.0 Å². The van der Waals surface area contributed by atoms with Gasteiger partial charge in [-0.25, -0.2) is 14.0 Å². The first-order valence-electron chi connectivity index (χ1n) is 13.9. The minimum atomic E-state index is -0.627. The molecule has 2 aliphatic carbocycles. The number of carbonyl (C=O) groups is 2. The SMILES string of the molecule is CCC(C)(C)OC(=O)c1cc(C2CC2)c(COCC2CC3(CCN(C(=O)OC(C)(C)C)CC3)C2)cc1F. The number of amides is 1. The Morgan fingerprint density at radius 1 is 1.05 bits per heavy atom. The van der Waals surface area contributed by atoms with Gasteiger partial charge in [-0.15, -0.1) is 0 Å². The van der Waals surface area contributed by atoms with E-state index in [2.05, 4.69) is 0 Å². The first kappa shape index (κ1) is 27.9. The predicted molar refractivity (Wildman–Crippen MR) is 140 cm³/mol. The molecule has 0 unspecified atom stereocenters. The maximum atomic E-state index is 14.9. The molecular formula is C30H44FNO5. The maximum absolute atomic E-state index is 14.9. The smallest absolute Gasteiger partial charge is 0.410 e. The molecule has 0 atom stereocenters. The topological polar surface area (TPSA) is 65.1 Å². The van der Waals surface area contributed by atoms with Crippen molar-refractivity contribution < 1.29 is 28.2 Å². The Kier molecular flexibility index (Phi) is 7.95. The highest BCUT2D eigenvalue weighted by Crippen LogP contribution is 2.52. The molecule has 4 rings (SSSR count). The molecule has 1 aromatic carbocycles. The average Bonchev–Trinajstić information content (AvgIpc) is 3.62. The van der Waals surface area contributed by atoms with Gasteiger partial charge >= 0.3 is 12.1 Å². The number of likely N-dealkylation sites (tertiary alicyclic amines) is 1. The monoisotopic (exact) mass is 517 g/mol. The standard InChI is InChI=1S/C30H44FNO5/c1-7-29(5,6)36-26(33)24-15-23(21-8-9-21)22(14-25(24)31)19-35-18-20-16-30(17-20)10-12-32(13-11-30)27(34)37-28(2,3)4/h14-15,20-21H,7-13,16-19H2,1-6H3. The molecule has 0 N–H and O–H groups in total. The van der Waals surface area contributed by atoms with E-state index in [-0.39, 0.29) is 11.7 Å². The average molecular weight is 518 g/mol.